The van der Waals surface area contributed by atoms with Crippen LogP contribution in [0.1, 0.15) is 30.1 Å². The van der Waals surface area contributed by atoms with Crippen LogP contribution in [0.3, 0.4) is 0 Å². The first-order valence-corrected chi connectivity index (χ1v) is 7.13. The minimum Gasteiger partial charge on any atom is -0.328 e. The van der Waals surface area contributed by atoms with Crippen molar-refractivity contribution in [1.29, 1.82) is 0 Å². The predicted octanol–water partition coefficient (Wildman–Crippen LogP) is 2.44. The van der Waals surface area contributed by atoms with E-state index in [0.29, 0.717) is 5.92 Å². The van der Waals surface area contributed by atoms with Crippen LogP contribution in [-0.2, 0) is 13.1 Å². The minimum atomic E-state index is 0.671. The average molecular weight is 264 g/mol. The molecule has 0 bridgehead atoms. The molecule has 0 saturated heterocycles. The van der Waals surface area contributed by atoms with Crippen molar-refractivity contribution in [2.45, 2.75) is 33.9 Å². The molecule has 5 heteroatoms. The fourth-order valence-corrected chi connectivity index (χ4v) is 2.53. The Morgan fingerprint density at radius 2 is 2.28 bits per heavy atom. The summed E-state index contributed by atoms with van der Waals surface area (Å²) in [6.45, 7) is 9.26. The third-order valence-corrected chi connectivity index (χ3v) is 3.74. The van der Waals surface area contributed by atoms with E-state index in [1.54, 1.807) is 11.3 Å². The highest BCUT2D eigenvalue weighted by Gasteiger charge is 2.06. The second kappa shape index (κ2) is 6.11. The van der Waals surface area contributed by atoms with Crippen molar-refractivity contribution in [2.75, 3.05) is 6.54 Å². The Hall–Kier alpha value is -1.20. The standard InChI is InChI=1S/C13H20N4S/c1-10(2)4-14-5-12-6-15-8-17(12)7-13-11(3)16-9-18-13/h6,8-10,14H,4-5,7H2,1-3H3. The van der Waals surface area contributed by atoms with E-state index >= 15 is 0 Å². The van der Waals surface area contributed by atoms with Gasteiger partial charge in [-0.15, -0.1) is 11.3 Å². The van der Waals surface area contributed by atoms with E-state index in [1.165, 1.54) is 10.6 Å². The number of rotatable bonds is 6. The Morgan fingerprint density at radius 1 is 1.44 bits per heavy atom. The second-order valence-electron chi connectivity index (χ2n) is 4.90. The summed E-state index contributed by atoms with van der Waals surface area (Å²) in [5, 5.41) is 3.45. The Kier molecular flexibility index (Phi) is 4.49. The van der Waals surface area contributed by atoms with Crippen molar-refractivity contribution >= 4 is 11.3 Å². The Balaban J connectivity index is 1.97. The van der Waals surface area contributed by atoms with Gasteiger partial charge in [-0.1, -0.05) is 13.8 Å². The summed E-state index contributed by atoms with van der Waals surface area (Å²) in [5.74, 6) is 0.671. The number of hydrogen-bond acceptors (Lipinski definition) is 4. The lowest BCUT2D eigenvalue weighted by Gasteiger charge is -2.10. The molecule has 0 fully saturated rings. The zero-order valence-corrected chi connectivity index (χ0v) is 12.0. The zero-order chi connectivity index (χ0) is 13.0. The molecule has 0 atom stereocenters. The molecule has 0 aromatic carbocycles. The highest BCUT2D eigenvalue weighted by Crippen LogP contribution is 2.14. The van der Waals surface area contributed by atoms with Gasteiger partial charge in [-0.2, -0.15) is 0 Å². The maximum Gasteiger partial charge on any atom is 0.0952 e. The van der Waals surface area contributed by atoms with E-state index in [9.17, 15) is 0 Å². The summed E-state index contributed by atoms with van der Waals surface area (Å²) in [6.07, 6.45) is 3.83. The average Bonchev–Trinajstić information content (AvgIpc) is 2.90. The lowest BCUT2D eigenvalue weighted by atomic mass is 10.2. The molecule has 2 aromatic rings. The van der Waals surface area contributed by atoms with Gasteiger partial charge < -0.3 is 9.88 Å². The SMILES string of the molecule is Cc1ncsc1Cn1cncc1CNCC(C)C. The number of hydrogen-bond donors (Lipinski definition) is 1. The zero-order valence-electron chi connectivity index (χ0n) is 11.2. The summed E-state index contributed by atoms with van der Waals surface area (Å²) in [4.78, 5) is 9.82. The largest absolute Gasteiger partial charge is 0.328 e. The monoisotopic (exact) mass is 264 g/mol. The quantitative estimate of drug-likeness (QED) is 0.871. The van der Waals surface area contributed by atoms with E-state index in [-0.39, 0.29) is 0 Å². The van der Waals surface area contributed by atoms with E-state index in [4.69, 9.17) is 0 Å². The lowest BCUT2D eigenvalue weighted by Crippen LogP contribution is -2.20. The van der Waals surface area contributed by atoms with Crippen LogP contribution in [0.25, 0.3) is 0 Å². The van der Waals surface area contributed by atoms with Crippen molar-refractivity contribution in [1.82, 2.24) is 19.9 Å². The van der Waals surface area contributed by atoms with Crippen molar-refractivity contribution in [3.63, 3.8) is 0 Å². The molecule has 4 nitrogen and oxygen atoms in total. The van der Waals surface area contributed by atoms with Gasteiger partial charge >= 0.3 is 0 Å². The van der Waals surface area contributed by atoms with Gasteiger partial charge in [0.15, 0.2) is 0 Å². The fraction of sp³-hybridized carbons (Fsp3) is 0.538. The molecule has 2 rings (SSSR count). The first-order chi connectivity index (χ1) is 8.66. The first kappa shape index (κ1) is 13.2. The molecule has 0 aliphatic heterocycles. The van der Waals surface area contributed by atoms with Crippen molar-refractivity contribution in [3.8, 4) is 0 Å². The maximum atomic E-state index is 4.28. The fourth-order valence-electron chi connectivity index (χ4n) is 1.76. The summed E-state index contributed by atoms with van der Waals surface area (Å²) >= 11 is 1.71. The lowest BCUT2D eigenvalue weighted by molar-refractivity contribution is 0.539. The molecule has 1 N–H and O–H groups in total. The molecule has 98 valence electrons. The maximum absolute atomic E-state index is 4.28. The van der Waals surface area contributed by atoms with Crippen LogP contribution >= 0.6 is 11.3 Å². The van der Waals surface area contributed by atoms with Gasteiger partial charge in [0.2, 0.25) is 0 Å². The van der Waals surface area contributed by atoms with Gasteiger partial charge in [0, 0.05) is 17.6 Å². The van der Waals surface area contributed by atoms with E-state index in [0.717, 1.165) is 25.3 Å². The van der Waals surface area contributed by atoms with Crippen molar-refractivity contribution in [2.24, 2.45) is 5.92 Å². The molecule has 0 radical (unpaired) electrons. The molecule has 0 unspecified atom stereocenters. The molecule has 2 aromatic heterocycles. The highest BCUT2D eigenvalue weighted by molar-refractivity contribution is 7.09. The molecular formula is C13H20N4S. The van der Waals surface area contributed by atoms with Gasteiger partial charge in [0.05, 0.1) is 29.8 Å². The van der Waals surface area contributed by atoms with Crippen LogP contribution < -0.4 is 5.32 Å². The third-order valence-electron chi connectivity index (χ3n) is 2.82. The number of thiazole rings is 1. The Bertz CT molecular complexity index is 487. The highest BCUT2D eigenvalue weighted by atomic mass is 32.1. The molecule has 0 amide bonds. The van der Waals surface area contributed by atoms with Gasteiger partial charge in [-0.25, -0.2) is 9.97 Å². The first-order valence-electron chi connectivity index (χ1n) is 6.25. The third kappa shape index (κ3) is 3.40. The van der Waals surface area contributed by atoms with E-state index in [2.05, 4.69) is 40.6 Å². The van der Waals surface area contributed by atoms with Crippen molar-refractivity contribution < 1.29 is 0 Å². The van der Waals surface area contributed by atoms with Crippen LogP contribution in [0.15, 0.2) is 18.0 Å². The van der Waals surface area contributed by atoms with Crippen LogP contribution in [0, 0.1) is 12.8 Å². The molecular weight excluding hydrogens is 244 g/mol. The minimum absolute atomic E-state index is 0.671. The van der Waals surface area contributed by atoms with Gasteiger partial charge in [0.1, 0.15) is 0 Å². The topological polar surface area (TPSA) is 42.7 Å². The number of imidazole rings is 1. The van der Waals surface area contributed by atoms with Crippen LogP contribution in [0.4, 0.5) is 0 Å². The molecule has 0 spiro atoms. The van der Waals surface area contributed by atoms with Crippen LogP contribution in [-0.4, -0.2) is 21.1 Å². The summed E-state index contributed by atoms with van der Waals surface area (Å²) in [5.41, 5.74) is 4.25. The summed E-state index contributed by atoms with van der Waals surface area (Å²) in [7, 11) is 0. The van der Waals surface area contributed by atoms with Crippen LogP contribution in [0.5, 0.6) is 0 Å². The van der Waals surface area contributed by atoms with Crippen LogP contribution in [0.2, 0.25) is 0 Å². The summed E-state index contributed by atoms with van der Waals surface area (Å²) in [6, 6.07) is 0. The molecule has 0 aliphatic rings. The van der Waals surface area contributed by atoms with Crippen molar-refractivity contribution in [3.05, 3.63) is 34.3 Å². The summed E-state index contributed by atoms with van der Waals surface area (Å²) < 4.78 is 2.19. The second-order valence-corrected chi connectivity index (χ2v) is 5.84. The number of aromatic nitrogens is 3. The molecule has 0 aliphatic carbocycles. The molecule has 0 saturated carbocycles. The number of aryl methyl sites for hydroxylation is 1. The normalized spacial score (nSPS) is 11.3. The molecule has 2 heterocycles. The van der Waals surface area contributed by atoms with E-state index < -0.39 is 0 Å². The number of nitrogens with zero attached hydrogens (tertiary/aromatic N) is 3. The van der Waals surface area contributed by atoms with Gasteiger partial charge in [0.25, 0.3) is 0 Å². The number of nitrogens with one attached hydrogen (secondary N) is 1. The Morgan fingerprint density at radius 3 is 2.94 bits per heavy atom. The Labute approximate surface area is 112 Å². The predicted molar refractivity (Wildman–Crippen MR) is 74.7 cm³/mol. The smallest absolute Gasteiger partial charge is 0.0952 e. The molecule has 18 heavy (non-hydrogen) atoms. The van der Waals surface area contributed by atoms with E-state index in [1.807, 2.05) is 18.0 Å². The van der Waals surface area contributed by atoms with Gasteiger partial charge in [-0.3, -0.25) is 0 Å². The van der Waals surface area contributed by atoms with Gasteiger partial charge in [-0.05, 0) is 19.4 Å².